The Morgan fingerprint density at radius 2 is 2.08 bits per heavy atom. The van der Waals surface area contributed by atoms with Gasteiger partial charge in [-0.1, -0.05) is 0 Å². The van der Waals surface area contributed by atoms with Crippen LogP contribution in [-0.2, 0) is 23.6 Å². The van der Waals surface area contributed by atoms with Crippen LogP contribution in [0.5, 0.6) is 0 Å². The second-order valence-electron chi connectivity index (χ2n) is 1.51. The van der Waals surface area contributed by atoms with Crippen LogP contribution in [-0.4, -0.2) is 32.1 Å². The first kappa shape index (κ1) is 10.7. The van der Waals surface area contributed by atoms with Gasteiger partial charge in [0.2, 0.25) is 0 Å². The summed E-state index contributed by atoms with van der Waals surface area (Å²) < 4.78 is 28.2. The molecule has 0 aromatic carbocycles. The molecule has 0 saturated heterocycles. The fourth-order valence-corrected chi connectivity index (χ4v) is 0.770. The highest BCUT2D eigenvalue weighted by molar-refractivity contribution is 7.82. The lowest BCUT2D eigenvalue weighted by atomic mass is 10.8. The minimum absolute atomic E-state index is 1.07. The largest absolute Gasteiger partial charge is 0.479 e. The van der Waals surface area contributed by atoms with Gasteiger partial charge in [0.15, 0.2) is 6.61 Å². The van der Waals surface area contributed by atoms with Crippen LogP contribution in [0.25, 0.3) is 0 Å². The zero-order valence-electron chi connectivity index (χ0n) is 5.68. The summed E-state index contributed by atoms with van der Waals surface area (Å²) in [6.07, 6.45) is 0. The smallest absolute Gasteiger partial charge is 0.452 e. The fraction of sp³-hybridized carbons (Fsp3) is 0.333. The molecule has 70 valence electrons. The number of carboxylic acid groups (broad SMARTS) is 1. The molecule has 0 unspecified atom stereocenters. The third-order valence-electron chi connectivity index (χ3n) is 0.519. The number of hydrogen-bond donors (Lipinski definition) is 3. The van der Waals surface area contributed by atoms with E-state index in [2.05, 4.69) is 14.1 Å². The van der Waals surface area contributed by atoms with Crippen LogP contribution in [0.4, 0.5) is 0 Å². The summed E-state index contributed by atoms with van der Waals surface area (Å²) in [4.78, 5) is 9.80. The number of carbonyl (C=O) groups is 1. The van der Waals surface area contributed by atoms with Gasteiger partial charge in [0.25, 0.3) is 6.02 Å². The number of rotatable bonds is 4. The molecule has 0 spiro atoms. The summed E-state index contributed by atoms with van der Waals surface area (Å²) in [5.41, 5.74) is 4.54. The van der Waals surface area contributed by atoms with Crippen molar-refractivity contribution in [2.75, 3.05) is 6.61 Å². The van der Waals surface area contributed by atoms with Gasteiger partial charge >= 0.3 is 16.4 Å². The molecule has 8 nitrogen and oxygen atoms in total. The molecule has 4 N–H and O–H groups in total. The zero-order valence-corrected chi connectivity index (χ0v) is 6.50. The van der Waals surface area contributed by atoms with E-state index in [9.17, 15) is 13.2 Å². The molecular weight excluding hydrogens is 192 g/mol. The first-order valence-electron chi connectivity index (χ1n) is 2.48. The van der Waals surface area contributed by atoms with Crippen molar-refractivity contribution in [3.63, 3.8) is 0 Å². The van der Waals surface area contributed by atoms with Crippen LogP contribution >= 0.6 is 0 Å². The van der Waals surface area contributed by atoms with Crippen molar-refractivity contribution in [3.05, 3.63) is 0 Å². The van der Waals surface area contributed by atoms with E-state index in [1.165, 1.54) is 0 Å². The molecular formula is C3H6N2O6S. The highest BCUT2D eigenvalue weighted by Gasteiger charge is 2.15. The molecule has 0 amide bonds. The van der Waals surface area contributed by atoms with Gasteiger partial charge in [-0.3, -0.25) is 5.41 Å². The lowest BCUT2D eigenvalue weighted by Gasteiger charge is -2.01. The number of aliphatic carboxylic acids is 1. The predicted molar refractivity (Wildman–Crippen MR) is 35.5 cm³/mol. The van der Waals surface area contributed by atoms with E-state index in [1.54, 1.807) is 0 Å². The highest BCUT2D eigenvalue weighted by atomic mass is 32.3. The van der Waals surface area contributed by atoms with Crippen LogP contribution in [0.2, 0.25) is 0 Å². The Kier molecular flexibility index (Phi) is 3.44. The summed E-state index contributed by atoms with van der Waals surface area (Å²) in [5, 5.41) is 14.4. The van der Waals surface area contributed by atoms with Crippen molar-refractivity contribution in [1.29, 1.82) is 5.41 Å². The third kappa shape index (κ3) is 5.44. The van der Waals surface area contributed by atoms with Crippen molar-refractivity contribution in [1.82, 2.24) is 0 Å². The van der Waals surface area contributed by atoms with E-state index in [-0.39, 0.29) is 0 Å². The maximum absolute atomic E-state index is 10.4. The monoisotopic (exact) mass is 198 g/mol. The number of carboxylic acids is 1. The third-order valence-corrected chi connectivity index (χ3v) is 1.31. The molecule has 0 bridgehead atoms. The molecule has 0 atom stereocenters. The van der Waals surface area contributed by atoms with Gasteiger partial charge < -0.3 is 15.0 Å². The van der Waals surface area contributed by atoms with E-state index in [4.69, 9.17) is 10.5 Å². The Morgan fingerprint density at radius 3 is 2.42 bits per heavy atom. The van der Waals surface area contributed by atoms with Gasteiger partial charge in [0, 0.05) is 0 Å². The van der Waals surface area contributed by atoms with E-state index in [0.29, 0.717) is 0 Å². The topological polar surface area (TPSA) is 140 Å². The van der Waals surface area contributed by atoms with Gasteiger partial charge in [0.05, 0.1) is 0 Å². The van der Waals surface area contributed by atoms with E-state index in [1.807, 2.05) is 0 Å². The molecule has 0 radical (unpaired) electrons. The summed E-state index contributed by atoms with van der Waals surface area (Å²) in [7, 11) is -4.51. The number of nitrogens with one attached hydrogen (secondary N) is 1. The lowest BCUT2D eigenvalue weighted by Crippen LogP contribution is -2.23. The van der Waals surface area contributed by atoms with Crippen molar-refractivity contribution < 1.29 is 26.7 Å². The van der Waals surface area contributed by atoms with Gasteiger partial charge in [0.1, 0.15) is 0 Å². The van der Waals surface area contributed by atoms with Crippen molar-refractivity contribution in [3.8, 4) is 0 Å². The molecule has 12 heavy (non-hydrogen) atoms. The maximum Gasteiger partial charge on any atom is 0.452 e. The van der Waals surface area contributed by atoms with Crippen LogP contribution in [0.15, 0.2) is 0 Å². The van der Waals surface area contributed by atoms with Crippen molar-refractivity contribution in [2.45, 2.75) is 0 Å². The molecule has 0 aliphatic heterocycles. The standard InChI is InChI=1S/C3H6N2O6S/c4-3(5)11-12(8,9)10-1-2(6)7/h1H2,(H3,4,5)(H,6,7). The summed E-state index contributed by atoms with van der Waals surface area (Å²) >= 11 is 0. The van der Waals surface area contributed by atoms with Crippen molar-refractivity contribution >= 4 is 22.4 Å². The first-order valence-corrected chi connectivity index (χ1v) is 3.81. The lowest BCUT2D eigenvalue weighted by molar-refractivity contribution is -0.139. The van der Waals surface area contributed by atoms with E-state index >= 15 is 0 Å². The van der Waals surface area contributed by atoms with E-state index in [0.717, 1.165) is 0 Å². The molecule has 0 aromatic rings. The van der Waals surface area contributed by atoms with Crippen LogP contribution in [0, 0.1) is 5.41 Å². The van der Waals surface area contributed by atoms with Crippen LogP contribution in [0.3, 0.4) is 0 Å². The zero-order chi connectivity index (χ0) is 9.78. The molecule has 0 aliphatic rings. The quantitative estimate of drug-likeness (QED) is 0.359. The predicted octanol–water partition coefficient (Wildman–Crippen LogP) is -1.76. The van der Waals surface area contributed by atoms with Gasteiger partial charge in [-0.2, -0.15) is 8.42 Å². The Morgan fingerprint density at radius 1 is 1.58 bits per heavy atom. The molecule has 0 fully saturated rings. The molecule has 0 aliphatic carbocycles. The molecule has 0 rings (SSSR count). The average Bonchev–Trinajstić information content (AvgIpc) is 1.81. The average molecular weight is 198 g/mol. The number of nitrogens with two attached hydrogens (primary N) is 1. The SMILES string of the molecule is N=C(N)OS(=O)(=O)OCC(=O)O. The van der Waals surface area contributed by atoms with Gasteiger partial charge in [-0.05, 0) is 0 Å². The van der Waals surface area contributed by atoms with Crippen LogP contribution < -0.4 is 5.73 Å². The summed E-state index contributed by atoms with van der Waals surface area (Å²) in [5.74, 6) is -1.48. The van der Waals surface area contributed by atoms with Crippen LogP contribution in [0.1, 0.15) is 0 Å². The summed E-state index contributed by atoms with van der Waals surface area (Å²) in [6, 6.07) is -1.10. The minimum Gasteiger partial charge on any atom is -0.479 e. The number of amidine groups is 1. The van der Waals surface area contributed by atoms with Gasteiger partial charge in [-0.25, -0.2) is 8.98 Å². The highest BCUT2D eigenvalue weighted by Crippen LogP contribution is 1.93. The fourth-order valence-electron chi connectivity index (χ4n) is 0.257. The molecule has 0 heterocycles. The Balaban J connectivity index is 4.06. The molecule has 9 heteroatoms. The summed E-state index contributed by atoms with van der Waals surface area (Å²) in [6.45, 7) is -1.07. The number of hydrogen-bond acceptors (Lipinski definition) is 6. The first-order chi connectivity index (χ1) is 5.33. The second kappa shape index (κ2) is 3.88. The van der Waals surface area contributed by atoms with E-state index < -0.39 is 29.0 Å². The Hall–Kier alpha value is -1.35. The second-order valence-corrected chi connectivity index (χ2v) is 2.73. The normalized spacial score (nSPS) is 10.7. The van der Waals surface area contributed by atoms with Crippen molar-refractivity contribution in [2.24, 2.45) is 5.73 Å². The molecule has 0 aromatic heterocycles. The Bertz CT molecular complexity index is 281. The maximum atomic E-state index is 10.4. The Labute approximate surface area is 67.7 Å². The molecule has 0 saturated carbocycles. The minimum atomic E-state index is -4.51. The van der Waals surface area contributed by atoms with Gasteiger partial charge in [-0.15, -0.1) is 0 Å².